The minimum absolute atomic E-state index is 0. The van der Waals surface area contributed by atoms with Crippen molar-refractivity contribution in [1.82, 2.24) is 9.59 Å². The van der Waals surface area contributed by atoms with Gasteiger partial charge in [0.1, 0.15) is 0 Å². The molecule has 0 bridgehead atoms. The second-order valence-electron chi connectivity index (χ2n) is 1.22. The predicted molar refractivity (Wildman–Crippen MR) is 37.0 cm³/mol. The molecule has 1 aromatic heterocycles. The lowest BCUT2D eigenvalue weighted by Crippen LogP contribution is -1.97. The van der Waals surface area contributed by atoms with Gasteiger partial charge in [0.05, 0.1) is 5.38 Å². The summed E-state index contributed by atoms with van der Waals surface area (Å²) in [6.45, 7) is 0. The first-order valence-corrected chi connectivity index (χ1v) is 4.13. The van der Waals surface area contributed by atoms with Crippen molar-refractivity contribution in [1.29, 1.82) is 0 Å². The lowest BCUT2D eigenvalue weighted by atomic mass is 11.0. The third kappa shape index (κ3) is 2.18. The topological polar surface area (TPSA) is 80.2 Å². The summed E-state index contributed by atoms with van der Waals surface area (Å²) < 4.78 is 31.8. The maximum Gasteiger partial charge on any atom is 0.314 e. The average molecular weight is 203 g/mol. The van der Waals surface area contributed by atoms with Crippen LogP contribution in [0.25, 0.3) is 0 Å². The molecule has 1 heterocycles. The molecular formula is C2H3ClN2O3S2. The number of hydrogen-bond donors (Lipinski definition) is 1. The van der Waals surface area contributed by atoms with Crippen LogP contribution in [0.1, 0.15) is 0 Å². The molecule has 0 aliphatic carbocycles. The number of nitrogens with zero attached hydrogens (tertiary/aromatic N) is 2. The standard InChI is InChI=1S/C2H2N2O3S2.ClH/c5-9(6,7)2-1-8-4-3-2;/h1H,(H,5,6,7);1H. The van der Waals surface area contributed by atoms with Crippen LogP contribution >= 0.6 is 23.9 Å². The molecule has 5 nitrogen and oxygen atoms in total. The van der Waals surface area contributed by atoms with Gasteiger partial charge in [0.25, 0.3) is 0 Å². The number of rotatable bonds is 1. The van der Waals surface area contributed by atoms with Crippen molar-refractivity contribution >= 4 is 34.1 Å². The summed E-state index contributed by atoms with van der Waals surface area (Å²) in [5.74, 6) is 0. The van der Waals surface area contributed by atoms with Crippen molar-refractivity contribution in [2.24, 2.45) is 0 Å². The van der Waals surface area contributed by atoms with Gasteiger partial charge in [0.15, 0.2) is 0 Å². The van der Waals surface area contributed by atoms with Crippen molar-refractivity contribution in [2.75, 3.05) is 0 Å². The molecule has 0 aliphatic rings. The Morgan fingerprint density at radius 3 is 2.40 bits per heavy atom. The molecule has 1 aromatic rings. The fourth-order valence-electron chi connectivity index (χ4n) is 0.268. The van der Waals surface area contributed by atoms with Crippen LogP contribution in [0.4, 0.5) is 0 Å². The molecule has 0 atom stereocenters. The number of hydrogen-bond acceptors (Lipinski definition) is 5. The number of aromatic nitrogens is 2. The smallest absolute Gasteiger partial charge is 0.281 e. The Kier molecular flexibility index (Phi) is 3.16. The minimum atomic E-state index is -4.12. The van der Waals surface area contributed by atoms with Crippen LogP contribution in [0.15, 0.2) is 10.4 Å². The Hall–Kier alpha value is -0.240. The summed E-state index contributed by atoms with van der Waals surface area (Å²) in [7, 11) is -4.12. The van der Waals surface area contributed by atoms with Gasteiger partial charge in [0, 0.05) is 0 Å². The quantitative estimate of drug-likeness (QED) is 0.659. The van der Waals surface area contributed by atoms with E-state index in [2.05, 4.69) is 9.59 Å². The zero-order chi connectivity index (χ0) is 6.91. The van der Waals surface area contributed by atoms with E-state index >= 15 is 0 Å². The van der Waals surface area contributed by atoms with E-state index in [1.165, 1.54) is 0 Å². The highest BCUT2D eigenvalue weighted by Gasteiger charge is 2.11. The fourth-order valence-corrected chi connectivity index (χ4v) is 1.40. The molecule has 1 rings (SSSR count). The highest BCUT2D eigenvalue weighted by molar-refractivity contribution is 7.85. The molecule has 1 N–H and O–H groups in total. The molecule has 0 amide bonds. The van der Waals surface area contributed by atoms with Gasteiger partial charge in [-0.2, -0.15) is 8.42 Å². The fraction of sp³-hybridized carbons (Fsp3) is 0. The van der Waals surface area contributed by atoms with Crippen molar-refractivity contribution < 1.29 is 13.0 Å². The Morgan fingerprint density at radius 2 is 2.20 bits per heavy atom. The minimum Gasteiger partial charge on any atom is -0.281 e. The van der Waals surface area contributed by atoms with Gasteiger partial charge >= 0.3 is 10.1 Å². The lowest BCUT2D eigenvalue weighted by molar-refractivity contribution is 0.479. The summed E-state index contributed by atoms with van der Waals surface area (Å²) in [4.78, 5) is 0. The number of halogens is 1. The molecule has 0 saturated heterocycles. The SMILES string of the molecule is Cl.O=S(=O)(O)c1csnn1. The Labute approximate surface area is 67.4 Å². The predicted octanol–water partition coefficient (Wildman–Crippen LogP) is 0.207. The molecule has 0 fully saturated rings. The van der Waals surface area contributed by atoms with E-state index in [0.29, 0.717) is 0 Å². The van der Waals surface area contributed by atoms with Crippen LogP contribution in [-0.4, -0.2) is 22.6 Å². The highest BCUT2D eigenvalue weighted by atomic mass is 35.5. The first kappa shape index (κ1) is 9.76. The van der Waals surface area contributed by atoms with Crippen molar-refractivity contribution in [3.05, 3.63) is 5.38 Å². The van der Waals surface area contributed by atoms with Crippen molar-refractivity contribution in [2.45, 2.75) is 5.03 Å². The molecule has 0 aromatic carbocycles. The molecule has 8 heteroatoms. The van der Waals surface area contributed by atoms with Gasteiger partial charge in [0.2, 0.25) is 5.03 Å². The molecule has 0 spiro atoms. The summed E-state index contributed by atoms with van der Waals surface area (Å²) in [5.41, 5.74) is 0. The molecule has 58 valence electrons. The largest absolute Gasteiger partial charge is 0.314 e. The zero-order valence-electron chi connectivity index (χ0n) is 4.46. The summed E-state index contributed by atoms with van der Waals surface area (Å²) in [6, 6.07) is 0. The summed E-state index contributed by atoms with van der Waals surface area (Å²) in [5, 5.41) is 3.87. The van der Waals surface area contributed by atoms with E-state index in [9.17, 15) is 8.42 Å². The van der Waals surface area contributed by atoms with E-state index in [4.69, 9.17) is 4.55 Å². The summed E-state index contributed by atoms with van der Waals surface area (Å²) in [6.07, 6.45) is 0. The Balaban J connectivity index is 0.000000810. The van der Waals surface area contributed by atoms with E-state index in [1.807, 2.05) is 0 Å². The monoisotopic (exact) mass is 202 g/mol. The van der Waals surface area contributed by atoms with Crippen molar-refractivity contribution in [3.8, 4) is 0 Å². The van der Waals surface area contributed by atoms with Gasteiger partial charge in [-0.15, -0.1) is 17.5 Å². The van der Waals surface area contributed by atoms with Gasteiger partial charge < -0.3 is 0 Å². The maximum absolute atomic E-state index is 10.2. The van der Waals surface area contributed by atoms with Crippen LogP contribution in [0, 0.1) is 0 Å². The average Bonchev–Trinajstić information content (AvgIpc) is 2.08. The summed E-state index contributed by atoms with van der Waals surface area (Å²) >= 11 is 0.866. The van der Waals surface area contributed by atoms with Crippen LogP contribution in [0.2, 0.25) is 0 Å². The highest BCUT2D eigenvalue weighted by Crippen LogP contribution is 2.03. The molecule has 0 radical (unpaired) electrons. The van der Waals surface area contributed by atoms with E-state index < -0.39 is 15.1 Å². The second kappa shape index (κ2) is 3.24. The first-order valence-electron chi connectivity index (χ1n) is 1.85. The van der Waals surface area contributed by atoms with Crippen LogP contribution in [0.3, 0.4) is 0 Å². The maximum atomic E-state index is 10.2. The van der Waals surface area contributed by atoms with E-state index in [-0.39, 0.29) is 12.4 Å². The van der Waals surface area contributed by atoms with Gasteiger partial charge in [-0.25, -0.2) is 0 Å². The van der Waals surface area contributed by atoms with E-state index in [0.717, 1.165) is 16.9 Å². The lowest BCUT2D eigenvalue weighted by Gasteiger charge is -1.82. The molecular weight excluding hydrogens is 200 g/mol. The zero-order valence-corrected chi connectivity index (χ0v) is 6.91. The van der Waals surface area contributed by atoms with Crippen LogP contribution in [0.5, 0.6) is 0 Å². The normalized spacial score (nSPS) is 10.5. The molecule has 0 saturated carbocycles. The first-order chi connectivity index (χ1) is 4.11. The van der Waals surface area contributed by atoms with Gasteiger partial charge in [-0.1, -0.05) is 4.49 Å². The van der Waals surface area contributed by atoms with Crippen LogP contribution < -0.4 is 0 Å². The Bertz CT molecular complexity index is 279. The second-order valence-corrected chi connectivity index (χ2v) is 3.20. The third-order valence-electron chi connectivity index (χ3n) is 0.604. The third-order valence-corrected chi connectivity index (χ3v) is 1.99. The van der Waals surface area contributed by atoms with Gasteiger partial charge in [-0.05, 0) is 11.5 Å². The molecule has 0 unspecified atom stereocenters. The van der Waals surface area contributed by atoms with Crippen LogP contribution in [-0.2, 0) is 10.1 Å². The van der Waals surface area contributed by atoms with Gasteiger partial charge in [-0.3, -0.25) is 4.55 Å². The van der Waals surface area contributed by atoms with Crippen molar-refractivity contribution in [3.63, 3.8) is 0 Å². The molecule has 10 heavy (non-hydrogen) atoms. The Morgan fingerprint density at radius 1 is 1.60 bits per heavy atom. The van der Waals surface area contributed by atoms with E-state index in [1.54, 1.807) is 0 Å². The molecule has 0 aliphatic heterocycles.